The number of amides is 1. The number of methoxy groups -OCH3 is 1. The van der Waals surface area contributed by atoms with E-state index < -0.39 is 5.54 Å². The van der Waals surface area contributed by atoms with Crippen molar-refractivity contribution in [1.29, 1.82) is 5.26 Å². The van der Waals surface area contributed by atoms with E-state index in [9.17, 15) is 10.1 Å². The predicted molar refractivity (Wildman–Crippen MR) is 124 cm³/mol. The Morgan fingerprint density at radius 3 is 2.69 bits per heavy atom. The standard InChI is InChI=1S/C23H22ClN5O2S/c1-23(14-25,16-8-9-16)26-20(30)13-32-22-28-27-21(15-6-4-3-5-7-15)29(22)17-10-11-19(31-2)18(24)12-17/h3-7,10-12,16H,8-9,13H2,1-2H3,(H,26,30). The fourth-order valence-electron chi connectivity index (χ4n) is 3.50. The van der Waals surface area contributed by atoms with Gasteiger partial charge in [-0.2, -0.15) is 5.26 Å². The molecule has 164 valence electrons. The monoisotopic (exact) mass is 467 g/mol. The Labute approximate surface area is 195 Å². The van der Waals surface area contributed by atoms with Gasteiger partial charge in [0.25, 0.3) is 0 Å². The largest absolute Gasteiger partial charge is 0.495 e. The zero-order valence-corrected chi connectivity index (χ0v) is 19.3. The minimum absolute atomic E-state index is 0.112. The molecule has 1 fully saturated rings. The molecule has 0 spiro atoms. The second-order valence-electron chi connectivity index (χ2n) is 7.75. The van der Waals surface area contributed by atoms with Crippen molar-refractivity contribution < 1.29 is 9.53 Å². The quantitative estimate of drug-likeness (QED) is 0.490. The lowest BCUT2D eigenvalue weighted by Gasteiger charge is -2.22. The molecule has 2 aromatic carbocycles. The first-order valence-corrected chi connectivity index (χ1v) is 11.5. The summed E-state index contributed by atoms with van der Waals surface area (Å²) >= 11 is 7.63. The maximum absolute atomic E-state index is 12.6. The SMILES string of the molecule is COc1ccc(-n2c(SCC(=O)NC(C)(C#N)C3CC3)nnc2-c2ccccc2)cc1Cl. The van der Waals surface area contributed by atoms with Crippen molar-refractivity contribution in [2.75, 3.05) is 12.9 Å². The van der Waals surface area contributed by atoms with Gasteiger partial charge in [-0.1, -0.05) is 53.7 Å². The van der Waals surface area contributed by atoms with Crippen LogP contribution in [0, 0.1) is 17.2 Å². The Balaban J connectivity index is 1.62. The molecule has 1 aliphatic rings. The number of halogens is 1. The lowest BCUT2D eigenvalue weighted by molar-refractivity contribution is -0.119. The number of rotatable bonds is 8. The fourth-order valence-corrected chi connectivity index (χ4v) is 4.51. The number of ether oxygens (including phenoxy) is 1. The van der Waals surface area contributed by atoms with Crippen LogP contribution < -0.4 is 10.1 Å². The highest BCUT2D eigenvalue weighted by molar-refractivity contribution is 7.99. The molecule has 1 N–H and O–H groups in total. The highest BCUT2D eigenvalue weighted by Crippen LogP contribution is 2.39. The fraction of sp³-hybridized carbons (Fsp3) is 0.304. The van der Waals surface area contributed by atoms with Crippen molar-refractivity contribution in [3.8, 4) is 28.9 Å². The van der Waals surface area contributed by atoms with E-state index in [2.05, 4.69) is 21.6 Å². The van der Waals surface area contributed by atoms with E-state index in [1.54, 1.807) is 26.2 Å². The average Bonchev–Trinajstić information content (AvgIpc) is 3.58. The van der Waals surface area contributed by atoms with E-state index in [-0.39, 0.29) is 17.6 Å². The summed E-state index contributed by atoms with van der Waals surface area (Å²) in [4.78, 5) is 12.6. The molecule has 1 atom stereocenters. The molecule has 0 radical (unpaired) electrons. The molecule has 9 heteroatoms. The van der Waals surface area contributed by atoms with E-state index >= 15 is 0 Å². The van der Waals surface area contributed by atoms with Crippen molar-refractivity contribution in [2.45, 2.75) is 30.5 Å². The van der Waals surface area contributed by atoms with Gasteiger partial charge in [-0.05, 0) is 43.9 Å². The lowest BCUT2D eigenvalue weighted by atomic mass is 9.98. The molecular weight excluding hydrogens is 446 g/mol. The van der Waals surface area contributed by atoms with Crippen molar-refractivity contribution in [3.63, 3.8) is 0 Å². The van der Waals surface area contributed by atoms with E-state index in [0.717, 1.165) is 24.1 Å². The van der Waals surface area contributed by atoms with Gasteiger partial charge in [0, 0.05) is 5.56 Å². The van der Waals surface area contributed by atoms with Gasteiger partial charge in [0.1, 0.15) is 11.3 Å². The molecule has 1 aromatic heterocycles. The first-order valence-electron chi connectivity index (χ1n) is 10.1. The molecule has 1 heterocycles. The van der Waals surface area contributed by atoms with Crippen LogP contribution >= 0.6 is 23.4 Å². The van der Waals surface area contributed by atoms with Crippen molar-refractivity contribution >= 4 is 29.3 Å². The van der Waals surface area contributed by atoms with E-state index in [0.29, 0.717) is 21.8 Å². The van der Waals surface area contributed by atoms with Crippen molar-refractivity contribution in [3.05, 3.63) is 53.6 Å². The molecule has 3 aromatic rings. The van der Waals surface area contributed by atoms with Crippen molar-refractivity contribution in [1.82, 2.24) is 20.1 Å². The molecular formula is C23H22ClN5O2S. The average molecular weight is 468 g/mol. The minimum atomic E-state index is -0.829. The molecule has 1 unspecified atom stereocenters. The molecule has 1 amide bonds. The molecule has 1 saturated carbocycles. The summed E-state index contributed by atoms with van der Waals surface area (Å²) in [5, 5.41) is 22.1. The number of hydrogen-bond acceptors (Lipinski definition) is 6. The number of carbonyl (C=O) groups excluding carboxylic acids is 1. The molecule has 7 nitrogen and oxygen atoms in total. The zero-order chi connectivity index (χ0) is 22.7. The third-order valence-electron chi connectivity index (χ3n) is 5.42. The highest BCUT2D eigenvalue weighted by atomic mass is 35.5. The van der Waals surface area contributed by atoms with Crippen LogP contribution in [0.4, 0.5) is 0 Å². The second-order valence-corrected chi connectivity index (χ2v) is 9.10. The van der Waals surface area contributed by atoms with Crippen LogP contribution in [0.2, 0.25) is 5.02 Å². The van der Waals surface area contributed by atoms with Crippen LogP contribution in [0.5, 0.6) is 5.75 Å². The first kappa shape index (κ1) is 22.2. The summed E-state index contributed by atoms with van der Waals surface area (Å²) in [7, 11) is 1.56. The first-order chi connectivity index (χ1) is 15.4. The Kier molecular flexibility index (Phi) is 6.40. The Hall–Kier alpha value is -3.02. The number of nitrogens with zero attached hydrogens (tertiary/aromatic N) is 4. The number of benzene rings is 2. The summed E-state index contributed by atoms with van der Waals surface area (Å²) in [6.45, 7) is 1.78. The van der Waals surface area contributed by atoms with Crippen LogP contribution in [-0.4, -0.2) is 39.1 Å². The van der Waals surface area contributed by atoms with Crippen LogP contribution in [0.25, 0.3) is 17.1 Å². The van der Waals surface area contributed by atoms with Gasteiger partial charge in [-0.25, -0.2) is 0 Å². The summed E-state index contributed by atoms with van der Waals surface area (Å²) in [5.74, 6) is 1.32. The molecule has 32 heavy (non-hydrogen) atoms. The van der Waals surface area contributed by atoms with E-state index in [1.807, 2.05) is 41.0 Å². The molecule has 0 saturated heterocycles. The van der Waals surface area contributed by atoms with Gasteiger partial charge in [-0.15, -0.1) is 10.2 Å². The number of hydrogen-bond donors (Lipinski definition) is 1. The smallest absolute Gasteiger partial charge is 0.231 e. The number of thioether (sulfide) groups is 1. The Morgan fingerprint density at radius 2 is 2.06 bits per heavy atom. The summed E-state index contributed by atoms with van der Waals surface area (Å²) < 4.78 is 7.13. The number of nitrogens with one attached hydrogen (secondary N) is 1. The van der Waals surface area contributed by atoms with Crippen LogP contribution in [-0.2, 0) is 4.79 Å². The number of carbonyl (C=O) groups is 1. The van der Waals surface area contributed by atoms with E-state index in [4.69, 9.17) is 16.3 Å². The molecule has 0 bridgehead atoms. The Morgan fingerprint density at radius 1 is 1.31 bits per heavy atom. The highest BCUT2D eigenvalue weighted by Gasteiger charge is 2.43. The molecule has 0 aliphatic heterocycles. The summed E-state index contributed by atoms with van der Waals surface area (Å²) in [6, 6.07) is 17.3. The lowest BCUT2D eigenvalue weighted by Crippen LogP contribution is -2.47. The van der Waals surface area contributed by atoms with Gasteiger partial charge in [0.05, 0.1) is 29.6 Å². The van der Waals surface area contributed by atoms with Gasteiger partial charge in [-0.3, -0.25) is 9.36 Å². The van der Waals surface area contributed by atoms with Gasteiger partial charge < -0.3 is 10.1 Å². The maximum atomic E-state index is 12.6. The maximum Gasteiger partial charge on any atom is 0.231 e. The van der Waals surface area contributed by atoms with Crippen LogP contribution in [0.1, 0.15) is 19.8 Å². The second kappa shape index (κ2) is 9.23. The minimum Gasteiger partial charge on any atom is -0.495 e. The Bertz CT molecular complexity index is 1170. The predicted octanol–water partition coefficient (Wildman–Crippen LogP) is 4.50. The topological polar surface area (TPSA) is 92.8 Å². The van der Waals surface area contributed by atoms with Crippen molar-refractivity contribution in [2.24, 2.45) is 5.92 Å². The van der Waals surface area contributed by atoms with E-state index in [1.165, 1.54) is 11.8 Å². The molecule has 1 aliphatic carbocycles. The third kappa shape index (κ3) is 4.59. The number of aromatic nitrogens is 3. The van der Waals surface area contributed by atoms with Crippen LogP contribution in [0.3, 0.4) is 0 Å². The van der Waals surface area contributed by atoms with Crippen LogP contribution in [0.15, 0.2) is 53.7 Å². The third-order valence-corrected chi connectivity index (χ3v) is 6.64. The van der Waals surface area contributed by atoms with Gasteiger partial charge in [0.2, 0.25) is 5.91 Å². The number of nitriles is 1. The summed E-state index contributed by atoms with van der Waals surface area (Å²) in [5.41, 5.74) is 0.806. The zero-order valence-electron chi connectivity index (χ0n) is 17.7. The normalized spacial score (nSPS) is 14.9. The van der Waals surface area contributed by atoms with Gasteiger partial charge >= 0.3 is 0 Å². The van der Waals surface area contributed by atoms with Gasteiger partial charge in [0.15, 0.2) is 11.0 Å². The molecule has 4 rings (SSSR count). The summed E-state index contributed by atoms with van der Waals surface area (Å²) in [6.07, 6.45) is 1.93.